The van der Waals surface area contributed by atoms with E-state index >= 15 is 0 Å². The lowest BCUT2D eigenvalue weighted by Gasteiger charge is -2.46. The molecule has 0 amide bonds. The second-order valence-corrected chi connectivity index (χ2v) is 8.07. The fourth-order valence-corrected chi connectivity index (χ4v) is 3.89. The van der Waals surface area contributed by atoms with Crippen molar-refractivity contribution in [2.45, 2.75) is 80.3 Å². The quantitative estimate of drug-likeness (QED) is 0.139. The molecule has 30 heavy (non-hydrogen) atoms. The summed E-state index contributed by atoms with van der Waals surface area (Å²) in [4.78, 5) is 0. The van der Waals surface area contributed by atoms with Crippen LogP contribution >= 0.6 is 0 Å². The topological polar surface area (TPSA) is 231 Å². The first-order chi connectivity index (χ1) is 14.3. The minimum atomic E-state index is -1.28. The fraction of sp³-hybridized carbons (Fsp3) is 1.00. The number of nitrogens with one attached hydrogen (secondary N) is 1. The lowest BCUT2D eigenvalue weighted by atomic mass is 9.84. The van der Waals surface area contributed by atoms with Crippen LogP contribution in [0.15, 0.2) is 0 Å². The monoisotopic (exact) mass is 436 g/mol. The molecular formula is C18H40N6O6. The predicted octanol–water partition coefficient (Wildman–Crippen LogP) is -4.76. The largest absolute Gasteiger partial charge is 0.388 e. The van der Waals surface area contributed by atoms with Gasteiger partial charge in [0.15, 0.2) is 6.29 Å². The first kappa shape index (κ1) is 25.8. The minimum Gasteiger partial charge on any atom is -0.388 e. The molecular weight excluding hydrogens is 396 g/mol. The van der Waals surface area contributed by atoms with Crippen LogP contribution < -0.4 is 34.0 Å². The maximum absolute atomic E-state index is 10.8. The minimum absolute atomic E-state index is 0.0288. The van der Waals surface area contributed by atoms with Gasteiger partial charge in [0.25, 0.3) is 0 Å². The summed E-state index contributed by atoms with van der Waals surface area (Å²) >= 11 is 0. The van der Waals surface area contributed by atoms with Crippen molar-refractivity contribution in [3.63, 3.8) is 0 Å². The fourth-order valence-electron chi connectivity index (χ4n) is 3.89. The average molecular weight is 437 g/mol. The van der Waals surface area contributed by atoms with Crippen molar-refractivity contribution >= 4 is 0 Å². The van der Waals surface area contributed by atoms with Gasteiger partial charge in [-0.05, 0) is 32.4 Å². The summed E-state index contributed by atoms with van der Waals surface area (Å²) in [5.74, 6) is 0. The van der Waals surface area contributed by atoms with E-state index in [-0.39, 0.29) is 6.54 Å². The number of nitrogens with two attached hydrogens (primary N) is 5. The van der Waals surface area contributed by atoms with E-state index in [0.29, 0.717) is 26.1 Å². The normalized spacial score (nSPS) is 42.4. The second-order valence-electron chi connectivity index (χ2n) is 8.07. The molecule has 0 aromatic rings. The standard InChI is InChI=1S/C18H40N6O6/c19-3-1-2-4-24-5-6-28-16-9(21)7-10(22)17(15(16)27)30-18-12(23)14(26)13(25)11(8-20)29-18/h9-18,24-27H,1-8,19-23H2/t9-,10+,11-,12-,13-,14-,15-,16+,17-,18-/m1/s1. The summed E-state index contributed by atoms with van der Waals surface area (Å²) in [6.07, 6.45) is -4.81. The van der Waals surface area contributed by atoms with Crippen LogP contribution in [0.1, 0.15) is 19.3 Å². The van der Waals surface area contributed by atoms with Crippen LogP contribution in [0.5, 0.6) is 0 Å². The molecule has 0 unspecified atom stereocenters. The molecule has 178 valence electrons. The maximum Gasteiger partial charge on any atom is 0.176 e. The van der Waals surface area contributed by atoms with E-state index in [1.54, 1.807) is 0 Å². The van der Waals surface area contributed by atoms with Crippen molar-refractivity contribution in [3.8, 4) is 0 Å². The number of unbranched alkanes of at least 4 members (excludes halogenated alkanes) is 1. The van der Waals surface area contributed by atoms with Gasteiger partial charge in [-0.15, -0.1) is 0 Å². The van der Waals surface area contributed by atoms with Crippen LogP contribution in [-0.2, 0) is 14.2 Å². The third kappa shape index (κ3) is 6.51. The number of rotatable bonds is 11. The third-order valence-electron chi connectivity index (χ3n) is 5.73. The molecule has 1 saturated heterocycles. The highest BCUT2D eigenvalue weighted by Gasteiger charge is 2.48. The SMILES string of the molecule is NCCCCNCCO[C@@H]1[C@@H](O)[C@H](O[C@H]2O[C@H](CN)[C@@H](O)[C@H](O)[C@H]2N)[C@@H](N)C[C@H]1N. The van der Waals surface area contributed by atoms with Gasteiger partial charge in [-0.3, -0.25) is 0 Å². The van der Waals surface area contributed by atoms with Gasteiger partial charge in [0, 0.05) is 25.2 Å². The first-order valence-electron chi connectivity index (χ1n) is 10.7. The van der Waals surface area contributed by atoms with Crippen LogP contribution in [0.4, 0.5) is 0 Å². The predicted molar refractivity (Wildman–Crippen MR) is 110 cm³/mol. The second kappa shape index (κ2) is 12.5. The van der Waals surface area contributed by atoms with Crippen molar-refractivity contribution in [3.05, 3.63) is 0 Å². The van der Waals surface area contributed by atoms with Crippen LogP contribution in [-0.4, -0.2) is 109 Å². The molecule has 2 fully saturated rings. The zero-order chi connectivity index (χ0) is 22.3. The van der Waals surface area contributed by atoms with Crippen molar-refractivity contribution in [2.24, 2.45) is 28.7 Å². The number of hydrogen-bond acceptors (Lipinski definition) is 12. The molecule has 1 aliphatic heterocycles. The van der Waals surface area contributed by atoms with Gasteiger partial charge in [0.05, 0.1) is 12.6 Å². The Hall–Kier alpha value is -0.480. The zero-order valence-corrected chi connectivity index (χ0v) is 17.4. The molecule has 0 bridgehead atoms. The Morgan fingerprint density at radius 1 is 0.900 bits per heavy atom. The Bertz CT molecular complexity index is 492. The maximum atomic E-state index is 10.8. The Morgan fingerprint density at radius 3 is 2.27 bits per heavy atom. The lowest BCUT2D eigenvalue weighted by Crippen LogP contribution is -2.67. The molecule has 2 rings (SSSR count). The number of hydrogen-bond donors (Lipinski definition) is 9. The smallest absolute Gasteiger partial charge is 0.176 e. The van der Waals surface area contributed by atoms with Crippen molar-refractivity contribution in [1.82, 2.24) is 5.32 Å². The third-order valence-corrected chi connectivity index (χ3v) is 5.73. The Labute approximate surface area is 177 Å². The summed E-state index contributed by atoms with van der Waals surface area (Å²) in [5.41, 5.74) is 29.3. The molecule has 1 saturated carbocycles. The summed E-state index contributed by atoms with van der Waals surface area (Å²) in [6, 6.07) is -2.08. The highest BCUT2D eigenvalue weighted by molar-refractivity contribution is 5.00. The van der Waals surface area contributed by atoms with Crippen molar-refractivity contribution in [1.29, 1.82) is 0 Å². The Kier molecular flexibility index (Phi) is 10.8. The van der Waals surface area contributed by atoms with E-state index in [9.17, 15) is 15.3 Å². The molecule has 10 atom stereocenters. The van der Waals surface area contributed by atoms with Crippen LogP contribution in [0, 0.1) is 0 Å². The highest BCUT2D eigenvalue weighted by atomic mass is 16.7. The van der Waals surface area contributed by atoms with Crippen LogP contribution in [0.25, 0.3) is 0 Å². The van der Waals surface area contributed by atoms with Gasteiger partial charge in [0.1, 0.15) is 36.6 Å². The van der Waals surface area contributed by atoms with Gasteiger partial charge < -0.3 is 63.5 Å². The molecule has 0 aromatic carbocycles. The Balaban J connectivity index is 1.90. The van der Waals surface area contributed by atoms with Crippen molar-refractivity contribution in [2.75, 3.05) is 32.8 Å². The van der Waals surface area contributed by atoms with E-state index < -0.39 is 61.0 Å². The molecule has 1 aliphatic carbocycles. The summed E-state index contributed by atoms with van der Waals surface area (Å²) in [5, 5.41) is 34.2. The number of aliphatic hydroxyl groups is 3. The first-order valence-corrected chi connectivity index (χ1v) is 10.7. The van der Waals surface area contributed by atoms with Crippen LogP contribution in [0.2, 0.25) is 0 Å². The van der Waals surface area contributed by atoms with Crippen LogP contribution in [0.3, 0.4) is 0 Å². The molecule has 0 radical (unpaired) electrons. The van der Waals surface area contributed by atoms with Gasteiger partial charge in [-0.2, -0.15) is 0 Å². The molecule has 2 aliphatic rings. The molecule has 1 heterocycles. The van der Waals surface area contributed by atoms with Gasteiger partial charge in [0.2, 0.25) is 0 Å². The highest BCUT2D eigenvalue weighted by Crippen LogP contribution is 2.28. The molecule has 12 heteroatoms. The van der Waals surface area contributed by atoms with E-state index in [1.165, 1.54) is 0 Å². The van der Waals surface area contributed by atoms with E-state index in [4.69, 9.17) is 42.9 Å². The van der Waals surface area contributed by atoms with Gasteiger partial charge in [-0.25, -0.2) is 0 Å². The molecule has 0 aromatic heterocycles. The molecule has 12 nitrogen and oxygen atoms in total. The van der Waals surface area contributed by atoms with E-state index in [1.807, 2.05) is 0 Å². The number of ether oxygens (including phenoxy) is 3. The molecule has 14 N–H and O–H groups in total. The molecule has 0 spiro atoms. The van der Waals surface area contributed by atoms with E-state index in [0.717, 1.165) is 19.4 Å². The lowest BCUT2D eigenvalue weighted by molar-refractivity contribution is -0.289. The average Bonchev–Trinajstić information content (AvgIpc) is 2.72. The van der Waals surface area contributed by atoms with E-state index in [2.05, 4.69) is 5.32 Å². The summed E-state index contributed by atoms with van der Waals surface area (Å²) in [6.45, 7) is 2.44. The Morgan fingerprint density at radius 2 is 1.60 bits per heavy atom. The zero-order valence-electron chi connectivity index (χ0n) is 17.4. The van der Waals surface area contributed by atoms with Gasteiger partial charge in [-0.1, -0.05) is 0 Å². The van der Waals surface area contributed by atoms with Crippen molar-refractivity contribution < 1.29 is 29.5 Å². The summed E-state index contributed by atoms with van der Waals surface area (Å²) in [7, 11) is 0. The summed E-state index contributed by atoms with van der Waals surface area (Å²) < 4.78 is 17.3. The van der Waals surface area contributed by atoms with Gasteiger partial charge >= 0.3 is 0 Å². The number of aliphatic hydroxyl groups excluding tert-OH is 3.